The van der Waals surface area contributed by atoms with Crippen molar-refractivity contribution in [3.8, 4) is 0 Å². The molecule has 0 fully saturated rings. The molecule has 0 aliphatic heterocycles. The molecule has 0 amide bonds. The number of carbonyl (C=O) groups is 1. The third-order valence-corrected chi connectivity index (χ3v) is 2.46. The number of rotatable bonds is 5. The van der Waals surface area contributed by atoms with Gasteiger partial charge in [-0.1, -0.05) is 40.2 Å². The number of benzene rings is 1. The number of carbonyl (C=O) groups excluding carboxylic acids is 1. The minimum absolute atomic E-state index is 0.299. The predicted molar refractivity (Wildman–Crippen MR) is 69.6 cm³/mol. The van der Waals surface area contributed by atoms with Crippen LogP contribution in [0.5, 0.6) is 0 Å². The van der Waals surface area contributed by atoms with Crippen LogP contribution in [0.4, 0.5) is 0 Å². The fourth-order valence-electron chi connectivity index (χ4n) is 1.26. The highest BCUT2D eigenvalue weighted by atomic mass is 79.9. The van der Waals surface area contributed by atoms with Crippen molar-refractivity contribution >= 4 is 28.0 Å². The first kappa shape index (κ1) is 13.0. The van der Waals surface area contributed by atoms with Crippen molar-refractivity contribution in [3.63, 3.8) is 0 Å². The van der Waals surface area contributed by atoms with Crippen LogP contribution in [0.3, 0.4) is 0 Å². The molecule has 0 aliphatic carbocycles. The minimum Gasteiger partial charge on any atom is -0.463 e. The number of alkyl halides is 1. The van der Waals surface area contributed by atoms with Crippen molar-refractivity contribution in [1.29, 1.82) is 0 Å². The summed E-state index contributed by atoms with van der Waals surface area (Å²) in [6.45, 7) is 2.20. The molecular weight excluding hydrogens is 268 g/mol. The molecule has 1 aromatic rings. The van der Waals surface area contributed by atoms with Crippen molar-refractivity contribution in [1.82, 2.24) is 0 Å². The van der Waals surface area contributed by atoms with E-state index in [9.17, 15) is 4.79 Å². The van der Waals surface area contributed by atoms with E-state index >= 15 is 0 Å². The van der Waals surface area contributed by atoms with Crippen LogP contribution in [0, 0.1) is 0 Å². The molecule has 0 unspecified atom stereocenters. The summed E-state index contributed by atoms with van der Waals surface area (Å²) in [6, 6.07) is 8.11. The third kappa shape index (κ3) is 4.62. The van der Waals surface area contributed by atoms with Gasteiger partial charge in [-0.15, -0.1) is 0 Å². The molecule has 0 bridgehead atoms. The molecular formula is C13H15BrO2. The highest BCUT2D eigenvalue weighted by Crippen LogP contribution is 2.07. The Balaban J connectivity index is 2.57. The van der Waals surface area contributed by atoms with Crippen LogP contribution in [0.2, 0.25) is 0 Å². The maximum Gasteiger partial charge on any atom is 0.330 e. The molecule has 0 atom stereocenters. The molecule has 86 valence electrons. The van der Waals surface area contributed by atoms with Crippen molar-refractivity contribution < 1.29 is 9.53 Å². The topological polar surface area (TPSA) is 26.3 Å². The molecule has 1 rings (SSSR count). The molecule has 0 radical (unpaired) electrons. The Morgan fingerprint density at radius 2 is 2.06 bits per heavy atom. The fourth-order valence-corrected chi connectivity index (χ4v) is 1.72. The lowest BCUT2D eigenvalue weighted by molar-refractivity contribution is -0.137. The van der Waals surface area contributed by atoms with Gasteiger partial charge in [0.25, 0.3) is 0 Å². The first-order valence-corrected chi connectivity index (χ1v) is 6.38. The molecule has 0 saturated carbocycles. The van der Waals surface area contributed by atoms with E-state index < -0.39 is 0 Å². The SMILES string of the molecule is CCOC(=O)/C=C/c1ccc(CCBr)cc1. The van der Waals surface area contributed by atoms with Gasteiger partial charge in [-0.3, -0.25) is 0 Å². The Bertz CT molecular complexity index is 355. The first-order chi connectivity index (χ1) is 7.76. The second kappa shape index (κ2) is 7.23. The Kier molecular flexibility index (Phi) is 5.86. The summed E-state index contributed by atoms with van der Waals surface area (Å²) < 4.78 is 4.79. The number of ether oxygens (including phenoxy) is 1. The molecule has 2 nitrogen and oxygen atoms in total. The summed E-state index contributed by atoms with van der Waals surface area (Å²) in [5.74, 6) is -0.299. The van der Waals surface area contributed by atoms with Crippen LogP contribution in [0.1, 0.15) is 18.1 Å². The summed E-state index contributed by atoms with van der Waals surface area (Å²) in [7, 11) is 0. The molecule has 0 N–H and O–H groups in total. The highest BCUT2D eigenvalue weighted by molar-refractivity contribution is 9.09. The quantitative estimate of drug-likeness (QED) is 0.471. The Morgan fingerprint density at radius 1 is 1.38 bits per heavy atom. The first-order valence-electron chi connectivity index (χ1n) is 5.26. The molecule has 1 aromatic carbocycles. The molecule has 3 heteroatoms. The molecule has 0 spiro atoms. The standard InChI is InChI=1S/C13H15BrO2/c1-2-16-13(15)8-7-11-3-5-12(6-4-11)9-10-14/h3-8H,2,9-10H2,1H3/b8-7+. The molecule has 0 saturated heterocycles. The highest BCUT2D eigenvalue weighted by Gasteiger charge is 1.94. The second-order valence-corrected chi connectivity index (χ2v) is 4.06. The lowest BCUT2D eigenvalue weighted by atomic mass is 10.1. The Hall–Kier alpha value is -1.09. The monoisotopic (exact) mass is 282 g/mol. The zero-order valence-corrected chi connectivity index (χ0v) is 10.9. The average Bonchev–Trinajstić information content (AvgIpc) is 2.29. The third-order valence-electron chi connectivity index (χ3n) is 2.06. The van der Waals surface area contributed by atoms with Gasteiger partial charge in [-0.2, -0.15) is 0 Å². The predicted octanol–water partition coefficient (Wildman–Crippen LogP) is 3.20. The van der Waals surface area contributed by atoms with Gasteiger partial charge in [0.2, 0.25) is 0 Å². The summed E-state index contributed by atoms with van der Waals surface area (Å²) >= 11 is 3.40. The van der Waals surface area contributed by atoms with Gasteiger partial charge < -0.3 is 4.74 Å². The van der Waals surface area contributed by atoms with E-state index in [4.69, 9.17) is 4.74 Å². The zero-order chi connectivity index (χ0) is 11.8. The number of hydrogen-bond donors (Lipinski definition) is 0. The largest absolute Gasteiger partial charge is 0.463 e. The summed E-state index contributed by atoms with van der Waals surface area (Å²) in [4.78, 5) is 11.1. The number of esters is 1. The van der Waals surface area contributed by atoms with E-state index in [-0.39, 0.29) is 5.97 Å². The van der Waals surface area contributed by atoms with Gasteiger partial charge in [0.15, 0.2) is 0 Å². The van der Waals surface area contributed by atoms with Gasteiger partial charge in [0, 0.05) is 11.4 Å². The van der Waals surface area contributed by atoms with Crippen molar-refractivity contribution in [2.75, 3.05) is 11.9 Å². The lowest BCUT2D eigenvalue weighted by Crippen LogP contribution is -1.98. The van der Waals surface area contributed by atoms with E-state index in [0.717, 1.165) is 17.3 Å². The Labute approximate surface area is 104 Å². The van der Waals surface area contributed by atoms with Crippen molar-refractivity contribution in [2.45, 2.75) is 13.3 Å². The van der Waals surface area contributed by atoms with Crippen LogP contribution in [-0.4, -0.2) is 17.9 Å². The zero-order valence-electron chi connectivity index (χ0n) is 9.28. The second-order valence-electron chi connectivity index (χ2n) is 3.27. The Morgan fingerprint density at radius 3 is 2.62 bits per heavy atom. The van der Waals surface area contributed by atoms with E-state index in [1.165, 1.54) is 11.6 Å². The summed E-state index contributed by atoms with van der Waals surface area (Å²) in [5, 5.41) is 0.963. The van der Waals surface area contributed by atoms with Gasteiger partial charge in [0.1, 0.15) is 0 Å². The maximum atomic E-state index is 11.1. The van der Waals surface area contributed by atoms with E-state index in [0.29, 0.717) is 6.61 Å². The van der Waals surface area contributed by atoms with E-state index in [1.54, 1.807) is 13.0 Å². The van der Waals surface area contributed by atoms with Crippen LogP contribution in [0.25, 0.3) is 6.08 Å². The average molecular weight is 283 g/mol. The molecule has 16 heavy (non-hydrogen) atoms. The van der Waals surface area contributed by atoms with E-state index in [1.807, 2.05) is 12.1 Å². The fraction of sp³-hybridized carbons (Fsp3) is 0.308. The maximum absolute atomic E-state index is 11.1. The van der Waals surface area contributed by atoms with Crippen molar-refractivity contribution in [2.24, 2.45) is 0 Å². The van der Waals surface area contributed by atoms with Gasteiger partial charge in [0.05, 0.1) is 6.61 Å². The smallest absolute Gasteiger partial charge is 0.330 e. The van der Waals surface area contributed by atoms with E-state index in [2.05, 4.69) is 28.1 Å². The van der Waals surface area contributed by atoms with Crippen molar-refractivity contribution in [3.05, 3.63) is 41.5 Å². The lowest BCUT2D eigenvalue weighted by Gasteiger charge is -1.99. The van der Waals surface area contributed by atoms with Gasteiger partial charge in [-0.05, 0) is 30.5 Å². The normalized spacial score (nSPS) is 10.6. The molecule has 0 aromatic heterocycles. The van der Waals surface area contributed by atoms with Crippen LogP contribution >= 0.6 is 15.9 Å². The van der Waals surface area contributed by atoms with Crippen LogP contribution in [-0.2, 0) is 16.0 Å². The number of halogens is 1. The molecule has 0 aliphatic rings. The van der Waals surface area contributed by atoms with Crippen LogP contribution < -0.4 is 0 Å². The summed E-state index contributed by atoms with van der Waals surface area (Å²) in [5.41, 5.74) is 2.29. The van der Waals surface area contributed by atoms with Gasteiger partial charge in [-0.25, -0.2) is 4.79 Å². The molecule has 0 heterocycles. The number of aryl methyl sites for hydroxylation is 1. The van der Waals surface area contributed by atoms with Crippen LogP contribution in [0.15, 0.2) is 30.3 Å². The minimum atomic E-state index is -0.299. The number of hydrogen-bond acceptors (Lipinski definition) is 2. The van der Waals surface area contributed by atoms with Gasteiger partial charge >= 0.3 is 5.97 Å². The summed E-state index contributed by atoms with van der Waals surface area (Å²) in [6.07, 6.45) is 4.22.